The third kappa shape index (κ3) is 2.31. The highest BCUT2D eigenvalue weighted by Crippen LogP contribution is 2.50. The maximum Gasteiger partial charge on any atom is 0.313 e. The first kappa shape index (κ1) is 16.0. The van der Waals surface area contributed by atoms with Crippen molar-refractivity contribution in [1.82, 2.24) is 0 Å². The Morgan fingerprint density at radius 2 is 1.85 bits per heavy atom. The van der Waals surface area contributed by atoms with Gasteiger partial charge >= 0.3 is 5.97 Å². The summed E-state index contributed by atoms with van der Waals surface area (Å²) in [4.78, 5) is 12.5. The summed E-state index contributed by atoms with van der Waals surface area (Å²) in [5, 5.41) is 3.25. The highest BCUT2D eigenvalue weighted by atomic mass is 35.5. The first-order valence-corrected chi connectivity index (χ1v) is 9.19. The first-order valence-electron chi connectivity index (χ1n) is 8.43. The summed E-state index contributed by atoms with van der Waals surface area (Å²) in [5.41, 5.74) is 1.85. The lowest BCUT2D eigenvalue weighted by atomic mass is 9.75. The van der Waals surface area contributed by atoms with Crippen molar-refractivity contribution in [1.29, 1.82) is 0 Å². The molecule has 5 rings (SSSR count). The van der Waals surface area contributed by atoms with Crippen LogP contribution in [0.4, 0.5) is 0 Å². The van der Waals surface area contributed by atoms with E-state index in [0.717, 1.165) is 27.6 Å². The molecule has 0 radical (unpaired) electrons. The number of carbonyl (C=O) groups is 1. The Kier molecular flexibility index (Phi) is 3.63. The molecule has 0 saturated carbocycles. The van der Waals surface area contributed by atoms with Crippen LogP contribution in [-0.2, 0) is 9.53 Å². The van der Waals surface area contributed by atoms with Gasteiger partial charge in [-0.25, -0.2) is 0 Å². The Bertz CT molecular complexity index is 1050. The largest absolute Gasteiger partial charge is 0.486 e. The van der Waals surface area contributed by atoms with E-state index in [2.05, 4.69) is 12.1 Å². The van der Waals surface area contributed by atoms with E-state index in [0.29, 0.717) is 10.0 Å². The molecule has 3 atom stereocenters. The van der Waals surface area contributed by atoms with Crippen LogP contribution in [0.1, 0.15) is 17.0 Å². The quantitative estimate of drug-likeness (QED) is 0.540. The molecule has 3 aromatic rings. The molecule has 2 aliphatic rings. The van der Waals surface area contributed by atoms with Gasteiger partial charge in [0.2, 0.25) is 0 Å². The molecule has 3 aromatic carbocycles. The van der Waals surface area contributed by atoms with Crippen molar-refractivity contribution in [2.45, 2.75) is 12.0 Å². The fourth-order valence-electron chi connectivity index (χ4n) is 4.12. The van der Waals surface area contributed by atoms with E-state index in [1.165, 1.54) is 0 Å². The molecule has 0 spiro atoms. The molecule has 1 fully saturated rings. The van der Waals surface area contributed by atoms with Crippen LogP contribution in [0.3, 0.4) is 0 Å². The monoisotopic (exact) mass is 384 g/mol. The van der Waals surface area contributed by atoms with E-state index in [9.17, 15) is 4.79 Å². The van der Waals surface area contributed by atoms with Gasteiger partial charge in [0.15, 0.2) is 0 Å². The minimum atomic E-state index is -0.424. The maximum absolute atomic E-state index is 12.5. The average Bonchev–Trinajstić information content (AvgIpc) is 3.01. The van der Waals surface area contributed by atoms with Crippen molar-refractivity contribution in [2.24, 2.45) is 5.92 Å². The number of ether oxygens (including phenoxy) is 2. The minimum absolute atomic E-state index is 0.241. The van der Waals surface area contributed by atoms with Gasteiger partial charge in [0, 0.05) is 21.5 Å². The van der Waals surface area contributed by atoms with Gasteiger partial charge < -0.3 is 9.47 Å². The maximum atomic E-state index is 12.5. The number of rotatable bonds is 1. The number of benzene rings is 3. The van der Waals surface area contributed by atoms with E-state index in [1.807, 2.05) is 30.3 Å². The number of esters is 1. The summed E-state index contributed by atoms with van der Waals surface area (Å²) in [6.45, 7) is 0.261. The van der Waals surface area contributed by atoms with E-state index in [4.69, 9.17) is 32.7 Å². The molecule has 2 heterocycles. The fraction of sp³-hybridized carbons (Fsp3) is 0.190. The summed E-state index contributed by atoms with van der Waals surface area (Å²) < 4.78 is 11.5. The summed E-state index contributed by atoms with van der Waals surface area (Å²) in [5.74, 6) is -0.134. The SMILES string of the molecule is O=C1OCC2Oc3ccc4ccccc4c3C(c3ccc(Cl)cc3Cl)C12. The lowest BCUT2D eigenvalue weighted by molar-refractivity contribution is -0.141. The predicted octanol–water partition coefficient (Wildman–Crippen LogP) is 5.21. The van der Waals surface area contributed by atoms with Gasteiger partial charge in [-0.1, -0.05) is 59.6 Å². The molecule has 5 heteroatoms. The summed E-state index contributed by atoms with van der Waals surface area (Å²) in [6.07, 6.45) is -0.312. The minimum Gasteiger partial charge on any atom is -0.486 e. The molecule has 0 amide bonds. The van der Waals surface area contributed by atoms with Crippen molar-refractivity contribution >= 4 is 39.9 Å². The van der Waals surface area contributed by atoms with Crippen LogP contribution < -0.4 is 4.74 Å². The zero-order valence-electron chi connectivity index (χ0n) is 13.6. The van der Waals surface area contributed by atoms with E-state index >= 15 is 0 Å². The fourth-order valence-corrected chi connectivity index (χ4v) is 4.64. The van der Waals surface area contributed by atoms with E-state index in [-0.39, 0.29) is 24.6 Å². The standard InChI is InChI=1S/C21H14Cl2O3/c22-12-6-7-14(15(23)9-12)19-18-13-4-2-1-3-11(13)5-8-16(18)26-17-10-25-21(24)20(17)19/h1-9,17,19-20H,10H2. The number of hydrogen-bond donors (Lipinski definition) is 0. The third-order valence-electron chi connectivity index (χ3n) is 5.24. The van der Waals surface area contributed by atoms with Gasteiger partial charge in [-0.2, -0.15) is 0 Å². The smallest absolute Gasteiger partial charge is 0.313 e. The Labute approximate surface area is 160 Å². The Hall–Kier alpha value is -2.23. The van der Waals surface area contributed by atoms with Crippen LogP contribution in [-0.4, -0.2) is 18.7 Å². The summed E-state index contributed by atoms with van der Waals surface area (Å²) >= 11 is 12.6. The van der Waals surface area contributed by atoms with Crippen LogP contribution >= 0.6 is 23.2 Å². The van der Waals surface area contributed by atoms with Gasteiger partial charge in [-0.15, -0.1) is 0 Å². The second kappa shape index (κ2) is 5.90. The van der Waals surface area contributed by atoms with Crippen LogP contribution in [0.2, 0.25) is 10.0 Å². The molecule has 26 heavy (non-hydrogen) atoms. The Morgan fingerprint density at radius 1 is 1.00 bits per heavy atom. The van der Waals surface area contributed by atoms with Crippen LogP contribution in [0.25, 0.3) is 10.8 Å². The van der Waals surface area contributed by atoms with Gasteiger partial charge in [0.1, 0.15) is 24.4 Å². The first-order chi connectivity index (χ1) is 12.6. The lowest BCUT2D eigenvalue weighted by Crippen LogP contribution is -2.37. The predicted molar refractivity (Wildman–Crippen MR) is 101 cm³/mol. The number of fused-ring (bicyclic) bond motifs is 4. The zero-order valence-corrected chi connectivity index (χ0v) is 15.1. The highest BCUT2D eigenvalue weighted by molar-refractivity contribution is 6.35. The van der Waals surface area contributed by atoms with Gasteiger partial charge in [-0.05, 0) is 34.5 Å². The number of cyclic esters (lactones) is 1. The highest BCUT2D eigenvalue weighted by Gasteiger charge is 2.50. The second-order valence-electron chi connectivity index (χ2n) is 6.65. The third-order valence-corrected chi connectivity index (χ3v) is 5.80. The number of hydrogen-bond acceptors (Lipinski definition) is 3. The molecule has 0 bridgehead atoms. The van der Waals surface area contributed by atoms with Crippen molar-refractivity contribution in [3.05, 3.63) is 75.8 Å². The second-order valence-corrected chi connectivity index (χ2v) is 7.50. The molecular weight excluding hydrogens is 371 g/mol. The molecule has 0 aliphatic carbocycles. The van der Waals surface area contributed by atoms with E-state index in [1.54, 1.807) is 12.1 Å². The van der Waals surface area contributed by atoms with Gasteiger partial charge in [0.25, 0.3) is 0 Å². The van der Waals surface area contributed by atoms with Crippen molar-refractivity contribution in [3.8, 4) is 5.75 Å². The van der Waals surface area contributed by atoms with Crippen molar-refractivity contribution in [3.63, 3.8) is 0 Å². The van der Waals surface area contributed by atoms with E-state index < -0.39 is 5.92 Å². The molecule has 1 saturated heterocycles. The van der Waals surface area contributed by atoms with Crippen molar-refractivity contribution in [2.75, 3.05) is 6.61 Å². The summed E-state index contributed by atoms with van der Waals surface area (Å²) in [6, 6.07) is 17.5. The molecule has 3 unspecified atom stereocenters. The molecule has 130 valence electrons. The summed E-state index contributed by atoms with van der Waals surface area (Å²) in [7, 11) is 0. The molecular formula is C21H14Cl2O3. The van der Waals surface area contributed by atoms with Crippen LogP contribution in [0.5, 0.6) is 5.75 Å². The molecule has 0 N–H and O–H groups in total. The molecule has 2 aliphatic heterocycles. The average molecular weight is 385 g/mol. The zero-order chi connectivity index (χ0) is 17.8. The van der Waals surface area contributed by atoms with Gasteiger partial charge in [-0.3, -0.25) is 4.79 Å². The topological polar surface area (TPSA) is 35.5 Å². The lowest BCUT2D eigenvalue weighted by Gasteiger charge is -2.34. The molecule has 0 aromatic heterocycles. The number of halogens is 2. The Balaban J connectivity index is 1.82. The number of carbonyl (C=O) groups excluding carboxylic acids is 1. The molecule has 3 nitrogen and oxygen atoms in total. The normalized spacial score (nSPS) is 23.9. The van der Waals surface area contributed by atoms with Crippen LogP contribution in [0.15, 0.2) is 54.6 Å². The van der Waals surface area contributed by atoms with Crippen molar-refractivity contribution < 1.29 is 14.3 Å². The van der Waals surface area contributed by atoms with Crippen LogP contribution in [0, 0.1) is 5.92 Å². The van der Waals surface area contributed by atoms with Gasteiger partial charge in [0.05, 0.1) is 0 Å². The Morgan fingerprint density at radius 3 is 2.69 bits per heavy atom.